The van der Waals surface area contributed by atoms with Gasteiger partial charge in [-0.2, -0.15) is 0 Å². The first-order chi connectivity index (χ1) is 6.17. The van der Waals surface area contributed by atoms with Gasteiger partial charge in [0, 0.05) is 5.41 Å². The monoisotopic (exact) mass is 174 g/mol. The lowest BCUT2D eigenvalue weighted by Crippen LogP contribution is -2.00. The molecule has 13 heavy (non-hydrogen) atoms. The summed E-state index contributed by atoms with van der Waals surface area (Å²) in [4.78, 5) is 0. The summed E-state index contributed by atoms with van der Waals surface area (Å²) >= 11 is 0. The molecule has 2 aliphatic rings. The molecule has 0 spiro atoms. The summed E-state index contributed by atoms with van der Waals surface area (Å²) < 4.78 is 0. The maximum absolute atomic E-state index is 2.34. The van der Waals surface area contributed by atoms with Crippen LogP contribution in [0.1, 0.15) is 39.5 Å². The summed E-state index contributed by atoms with van der Waals surface area (Å²) in [6, 6.07) is 0. The lowest BCUT2D eigenvalue weighted by Gasteiger charge is -2.14. The summed E-state index contributed by atoms with van der Waals surface area (Å²) in [5, 5.41) is 0. The third-order valence-electron chi connectivity index (χ3n) is 2.98. The summed E-state index contributed by atoms with van der Waals surface area (Å²) in [5.41, 5.74) is 3.40. The van der Waals surface area contributed by atoms with Gasteiger partial charge in [0.15, 0.2) is 0 Å². The molecule has 0 unspecified atom stereocenters. The second-order valence-electron chi connectivity index (χ2n) is 4.75. The topological polar surface area (TPSA) is 0 Å². The number of hydrogen-bond donors (Lipinski definition) is 0. The highest BCUT2D eigenvalue weighted by Crippen LogP contribution is 2.32. The highest BCUT2D eigenvalue weighted by molar-refractivity contribution is 5.39. The molecule has 0 bridgehead atoms. The maximum atomic E-state index is 2.34. The lowest BCUT2D eigenvalue weighted by atomic mass is 9.92. The maximum Gasteiger partial charge on any atom is 0.00108 e. The van der Waals surface area contributed by atoms with Gasteiger partial charge in [0.05, 0.1) is 0 Å². The summed E-state index contributed by atoms with van der Waals surface area (Å²) in [6.45, 7) is 4.52. The second kappa shape index (κ2) is 3.17. The SMILES string of the molecule is CC1(C)C=CC2=C(C=C1)CCCC2. The van der Waals surface area contributed by atoms with Gasteiger partial charge in [-0.15, -0.1) is 0 Å². The van der Waals surface area contributed by atoms with Gasteiger partial charge in [-0.05, 0) is 36.8 Å². The molecule has 0 aromatic heterocycles. The molecule has 0 nitrogen and oxygen atoms in total. The van der Waals surface area contributed by atoms with Gasteiger partial charge in [0.1, 0.15) is 0 Å². The molecular formula is C13H18. The molecule has 0 heteroatoms. The molecule has 0 heterocycles. The van der Waals surface area contributed by atoms with Crippen LogP contribution in [0, 0.1) is 5.41 Å². The van der Waals surface area contributed by atoms with E-state index in [1.54, 1.807) is 11.1 Å². The Balaban J connectivity index is 2.32. The fourth-order valence-electron chi connectivity index (χ4n) is 2.02. The standard InChI is InChI=1S/C13H18/c1-13(2)9-7-11-5-3-4-6-12(11)8-10-13/h7-10H,3-6H2,1-2H3. The average molecular weight is 174 g/mol. The van der Waals surface area contributed by atoms with Crippen LogP contribution in [0.25, 0.3) is 0 Å². The van der Waals surface area contributed by atoms with Gasteiger partial charge in [-0.1, -0.05) is 38.2 Å². The lowest BCUT2D eigenvalue weighted by molar-refractivity contribution is 0.626. The molecule has 0 N–H and O–H groups in total. The summed E-state index contributed by atoms with van der Waals surface area (Å²) in [7, 11) is 0. The van der Waals surface area contributed by atoms with Crippen LogP contribution >= 0.6 is 0 Å². The Kier molecular flexibility index (Phi) is 2.15. The van der Waals surface area contributed by atoms with Gasteiger partial charge in [0.25, 0.3) is 0 Å². The first-order valence-electron chi connectivity index (χ1n) is 5.28. The van der Waals surface area contributed by atoms with Crippen LogP contribution in [0.2, 0.25) is 0 Å². The highest BCUT2D eigenvalue weighted by Gasteiger charge is 2.15. The van der Waals surface area contributed by atoms with Crippen LogP contribution in [0.3, 0.4) is 0 Å². The third-order valence-corrected chi connectivity index (χ3v) is 2.98. The van der Waals surface area contributed by atoms with Crippen molar-refractivity contribution in [2.75, 3.05) is 0 Å². The van der Waals surface area contributed by atoms with E-state index in [9.17, 15) is 0 Å². The van der Waals surface area contributed by atoms with E-state index in [4.69, 9.17) is 0 Å². The van der Waals surface area contributed by atoms with Crippen molar-refractivity contribution in [1.29, 1.82) is 0 Å². The Morgan fingerprint density at radius 1 is 0.923 bits per heavy atom. The van der Waals surface area contributed by atoms with Crippen molar-refractivity contribution in [1.82, 2.24) is 0 Å². The van der Waals surface area contributed by atoms with Gasteiger partial charge < -0.3 is 0 Å². The van der Waals surface area contributed by atoms with E-state index in [1.807, 2.05) is 0 Å². The van der Waals surface area contributed by atoms with Crippen LogP contribution in [0.4, 0.5) is 0 Å². The van der Waals surface area contributed by atoms with Gasteiger partial charge in [-0.25, -0.2) is 0 Å². The molecule has 0 aliphatic heterocycles. The Hall–Kier alpha value is -0.780. The average Bonchev–Trinajstić information content (AvgIpc) is 2.27. The first-order valence-corrected chi connectivity index (χ1v) is 5.28. The first kappa shape index (κ1) is 8.80. The third kappa shape index (κ3) is 1.93. The molecule has 0 aromatic rings. The van der Waals surface area contributed by atoms with Crippen molar-refractivity contribution in [2.24, 2.45) is 5.41 Å². The quantitative estimate of drug-likeness (QED) is 0.520. The van der Waals surface area contributed by atoms with E-state index in [1.165, 1.54) is 25.7 Å². The van der Waals surface area contributed by atoms with E-state index in [0.717, 1.165) is 0 Å². The number of allylic oxidation sites excluding steroid dienone is 6. The van der Waals surface area contributed by atoms with Crippen molar-refractivity contribution < 1.29 is 0 Å². The normalized spacial score (nSPS) is 25.7. The van der Waals surface area contributed by atoms with Crippen molar-refractivity contribution in [3.8, 4) is 0 Å². The van der Waals surface area contributed by atoms with Gasteiger partial charge in [0.2, 0.25) is 0 Å². The fourth-order valence-corrected chi connectivity index (χ4v) is 2.02. The van der Waals surface area contributed by atoms with Crippen LogP contribution in [0.15, 0.2) is 35.5 Å². The van der Waals surface area contributed by atoms with Crippen molar-refractivity contribution in [3.05, 3.63) is 35.5 Å². The predicted molar refractivity (Wildman–Crippen MR) is 57.6 cm³/mol. The Labute approximate surface area is 81.0 Å². The molecule has 70 valence electrons. The molecule has 0 atom stereocenters. The highest BCUT2D eigenvalue weighted by atomic mass is 14.2. The largest absolute Gasteiger partial charge is 0.0748 e. The Morgan fingerprint density at radius 3 is 1.85 bits per heavy atom. The Bertz CT molecular complexity index is 259. The molecule has 0 fully saturated rings. The molecule has 0 aromatic carbocycles. The molecule has 2 rings (SSSR count). The number of rotatable bonds is 0. The van der Waals surface area contributed by atoms with E-state index < -0.39 is 0 Å². The number of hydrogen-bond acceptors (Lipinski definition) is 0. The van der Waals surface area contributed by atoms with Crippen LogP contribution < -0.4 is 0 Å². The minimum Gasteiger partial charge on any atom is -0.0748 e. The molecule has 0 radical (unpaired) electrons. The molecular weight excluding hydrogens is 156 g/mol. The fraction of sp³-hybridized carbons (Fsp3) is 0.538. The molecule has 0 saturated heterocycles. The molecule has 0 saturated carbocycles. The van der Waals surface area contributed by atoms with Crippen LogP contribution in [0.5, 0.6) is 0 Å². The minimum atomic E-state index is 0.247. The Morgan fingerprint density at radius 2 is 1.38 bits per heavy atom. The molecule has 2 aliphatic carbocycles. The zero-order chi connectivity index (χ0) is 9.31. The van der Waals surface area contributed by atoms with Gasteiger partial charge in [-0.3, -0.25) is 0 Å². The summed E-state index contributed by atoms with van der Waals surface area (Å²) in [5.74, 6) is 0. The van der Waals surface area contributed by atoms with Crippen LogP contribution in [-0.2, 0) is 0 Å². The van der Waals surface area contributed by atoms with Crippen LogP contribution in [-0.4, -0.2) is 0 Å². The van der Waals surface area contributed by atoms with Crippen molar-refractivity contribution in [3.63, 3.8) is 0 Å². The minimum absolute atomic E-state index is 0.247. The zero-order valence-corrected chi connectivity index (χ0v) is 8.64. The molecule has 0 amide bonds. The van der Waals surface area contributed by atoms with E-state index in [0.29, 0.717) is 0 Å². The zero-order valence-electron chi connectivity index (χ0n) is 8.64. The summed E-state index contributed by atoms with van der Waals surface area (Å²) in [6.07, 6.45) is 14.7. The van der Waals surface area contributed by atoms with Crippen molar-refractivity contribution in [2.45, 2.75) is 39.5 Å². The van der Waals surface area contributed by atoms with Crippen molar-refractivity contribution >= 4 is 0 Å². The van der Waals surface area contributed by atoms with Gasteiger partial charge >= 0.3 is 0 Å². The van der Waals surface area contributed by atoms with E-state index >= 15 is 0 Å². The van der Waals surface area contributed by atoms with E-state index in [2.05, 4.69) is 38.2 Å². The smallest absolute Gasteiger partial charge is 0.00108 e. The van der Waals surface area contributed by atoms with E-state index in [-0.39, 0.29) is 5.41 Å². The second-order valence-corrected chi connectivity index (χ2v) is 4.75. The predicted octanol–water partition coefficient (Wildman–Crippen LogP) is 4.01.